The van der Waals surface area contributed by atoms with Crippen molar-refractivity contribution in [2.24, 2.45) is 5.92 Å². The number of hydrogen-bond donors (Lipinski definition) is 1. The van der Waals surface area contributed by atoms with Crippen LogP contribution in [0.25, 0.3) is 11.0 Å². The summed E-state index contributed by atoms with van der Waals surface area (Å²) in [6.45, 7) is 9.82. The van der Waals surface area contributed by atoms with Crippen molar-refractivity contribution >= 4 is 17.0 Å². The van der Waals surface area contributed by atoms with Gasteiger partial charge in [0.05, 0.1) is 23.7 Å². The Labute approximate surface area is 114 Å². The van der Waals surface area contributed by atoms with E-state index in [0.29, 0.717) is 18.5 Å². The third-order valence-electron chi connectivity index (χ3n) is 3.47. The van der Waals surface area contributed by atoms with Crippen LogP contribution in [0.5, 0.6) is 0 Å². The Hall–Kier alpha value is -1.55. The first-order valence-corrected chi connectivity index (χ1v) is 6.86. The summed E-state index contributed by atoms with van der Waals surface area (Å²) in [6.07, 6.45) is 0. The topological polar surface area (TPSA) is 53.1 Å². The number of rotatable bonds is 5. The van der Waals surface area contributed by atoms with Gasteiger partial charge in [0.2, 0.25) is 5.95 Å². The van der Waals surface area contributed by atoms with Crippen LogP contribution in [0, 0.1) is 12.8 Å². The highest BCUT2D eigenvalue weighted by molar-refractivity contribution is 5.79. The van der Waals surface area contributed by atoms with Crippen molar-refractivity contribution in [3.8, 4) is 0 Å². The average Bonchev–Trinajstić information content (AvgIpc) is 2.65. The van der Waals surface area contributed by atoms with Crippen LogP contribution in [0.2, 0.25) is 0 Å². The van der Waals surface area contributed by atoms with Gasteiger partial charge in [-0.2, -0.15) is 0 Å². The summed E-state index contributed by atoms with van der Waals surface area (Å²) in [5.41, 5.74) is 9.35. The Morgan fingerprint density at radius 1 is 1.37 bits per heavy atom. The number of ether oxygens (including phenoxy) is 1. The number of hydrogen-bond acceptors (Lipinski definition) is 3. The Balaban J connectivity index is 2.49. The van der Waals surface area contributed by atoms with Gasteiger partial charge in [0.1, 0.15) is 0 Å². The fourth-order valence-corrected chi connectivity index (χ4v) is 2.38. The minimum absolute atomic E-state index is 0.215. The van der Waals surface area contributed by atoms with Crippen LogP contribution in [0.4, 0.5) is 5.95 Å². The van der Waals surface area contributed by atoms with E-state index in [2.05, 4.69) is 48.5 Å². The standard InChI is InChI=1S/C15H23N3O/c1-5-19-9-14(10(2)3)18-13-7-6-11(4)8-12(13)17-15(18)16/h6-8,10,14H,5,9H2,1-4H3,(H2,16,17). The number of anilines is 1. The number of nitrogens with two attached hydrogens (primary N) is 1. The van der Waals surface area contributed by atoms with Crippen LogP contribution in [0.3, 0.4) is 0 Å². The van der Waals surface area contributed by atoms with Gasteiger partial charge in [-0.3, -0.25) is 0 Å². The van der Waals surface area contributed by atoms with Gasteiger partial charge < -0.3 is 15.0 Å². The van der Waals surface area contributed by atoms with E-state index in [4.69, 9.17) is 10.5 Å². The molecular formula is C15H23N3O. The molecule has 4 heteroatoms. The number of aryl methyl sites for hydroxylation is 1. The van der Waals surface area contributed by atoms with E-state index in [-0.39, 0.29) is 6.04 Å². The Morgan fingerprint density at radius 3 is 2.74 bits per heavy atom. The maximum Gasteiger partial charge on any atom is 0.201 e. The average molecular weight is 261 g/mol. The van der Waals surface area contributed by atoms with E-state index in [1.807, 2.05) is 6.92 Å². The number of nitrogens with zero attached hydrogens (tertiary/aromatic N) is 2. The predicted molar refractivity (Wildman–Crippen MR) is 79.3 cm³/mol. The molecule has 1 atom stereocenters. The highest BCUT2D eigenvalue weighted by atomic mass is 16.5. The Bertz CT molecular complexity index is 560. The van der Waals surface area contributed by atoms with E-state index in [1.165, 1.54) is 5.56 Å². The van der Waals surface area contributed by atoms with E-state index < -0.39 is 0 Å². The lowest BCUT2D eigenvalue weighted by Gasteiger charge is -2.24. The van der Waals surface area contributed by atoms with Crippen LogP contribution < -0.4 is 5.73 Å². The Kier molecular flexibility index (Phi) is 4.10. The molecule has 2 N–H and O–H groups in total. The van der Waals surface area contributed by atoms with Gasteiger partial charge in [0.15, 0.2) is 0 Å². The van der Waals surface area contributed by atoms with Crippen molar-refractivity contribution in [3.63, 3.8) is 0 Å². The Morgan fingerprint density at radius 2 is 2.11 bits per heavy atom. The van der Waals surface area contributed by atoms with E-state index in [1.54, 1.807) is 0 Å². The van der Waals surface area contributed by atoms with E-state index in [9.17, 15) is 0 Å². The predicted octanol–water partition coefficient (Wildman–Crippen LogP) is 3.16. The summed E-state index contributed by atoms with van der Waals surface area (Å²) in [6, 6.07) is 6.47. The zero-order valence-electron chi connectivity index (χ0n) is 12.2. The van der Waals surface area contributed by atoms with Gasteiger partial charge in [0.25, 0.3) is 0 Å². The number of fused-ring (bicyclic) bond motifs is 1. The minimum Gasteiger partial charge on any atom is -0.380 e. The van der Waals surface area contributed by atoms with Crippen LogP contribution in [-0.2, 0) is 4.74 Å². The second-order valence-corrected chi connectivity index (χ2v) is 5.30. The van der Waals surface area contributed by atoms with Crippen LogP contribution in [0.1, 0.15) is 32.4 Å². The molecule has 2 rings (SSSR count). The molecule has 0 fully saturated rings. The molecule has 0 aliphatic rings. The molecule has 1 heterocycles. The summed E-state index contributed by atoms with van der Waals surface area (Å²) >= 11 is 0. The second kappa shape index (κ2) is 5.61. The lowest BCUT2D eigenvalue weighted by molar-refractivity contribution is 0.0987. The zero-order chi connectivity index (χ0) is 14.0. The van der Waals surface area contributed by atoms with Crippen LogP contribution >= 0.6 is 0 Å². The largest absolute Gasteiger partial charge is 0.380 e. The van der Waals surface area contributed by atoms with Gasteiger partial charge in [-0.25, -0.2) is 4.98 Å². The summed E-state index contributed by atoms with van der Waals surface area (Å²) in [4.78, 5) is 4.47. The van der Waals surface area contributed by atoms with Gasteiger partial charge >= 0.3 is 0 Å². The minimum atomic E-state index is 0.215. The lowest BCUT2D eigenvalue weighted by atomic mass is 10.0. The van der Waals surface area contributed by atoms with Gasteiger partial charge in [-0.05, 0) is 37.5 Å². The zero-order valence-corrected chi connectivity index (χ0v) is 12.2. The smallest absolute Gasteiger partial charge is 0.201 e. The molecule has 0 bridgehead atoms. The van der Waals surface area contributed by atoms with Crippen LogP contribution in [-0.4, -0.2) is 22.8 Å². The van der Waals surface area contributed by atoms with Crippen molar-refractivity contribution in [2.45, 2.75) is 33.7 Å². The van der Waals surface area contributed by atoms with Crippen molar-refractivity contribution in [1.82, 2.24) is 9.55 Å². The number of nitrogen functional groups attached to an aromatic ring is 1. The molecule has 4 nitrogen and oxygen atoms in total. The number of imidazole rings is 1. The fourth-order valence-electron chi connectivity index (χ4n) is 2.38. The molecule has 1 aromatic heterocycles. The van der Waals surface area contributed by atoms with Crippen LogP contribution in [0.15, 0.2) is 18.2 Å². The quantitative estimate of drug-likeness (QED) is 0.899. The lowest BCUT2D eigenvalue weighted by Crippen LogP contribution is -2.22. The molecule has 2 aromatic rings. The molecule has 0 radical (unpaired) electrons. The summed E-state index contributed by atoms with van der Waals surface area (Å²) in [5, 5.41) is 0. The van der Waals surface area contributed by atoms with Crippen molar-refractivity contribution in [3.05, 3.63) is 23.8 Å². The monoisotopic (exact) mass is 261 g/mol. The summed E-state index contributed by atoms with van der Waals surface area (Å²) in [5.74, 6) is 1.01. The van der Waals surface area contributed by atoms with Crippen molar-refractivity contribution in [1.29, 1.82) is 0 Å². The van der Waals surface area contributed by atoms with Gasteiger partial charge in [-0.15, -0.1) is 0 Å². The fraction of sp³-hybridized carbons (Fsp3) is 0.533. The SMILES string of the molecule is CCOCC(C(C)C)n1c(N)nc2cc(C)ccc21. The normalized spacial score (nSPS) is 13.3. The van der Waals surface area contributed by atoms with Crippen molar-refractivity contribution in [2.75, 3.05) is 18.9 Å². The maximum absolute atomic E-state index is 6.11. The molecular weight excluding hydrogens is 238 g/mol. The highest BCUT2D eigenvalue weighted by Gasteiger charge is 2.21. The molecule has 0 saturated carbocycles. The van der Waals surface area contributed by atoms with Crippen molar-refractivity contribution < 1.29 is 4.74 Å². The molecule has 0 aliphatic carbocycles. The summed E-state index contributed by atoms with van der Waals surface area (Å²) in [7, 11) is 0. The molecule has 1 unspecified atom stereocenters. The summed E-state index contributed by atoms with van der Waals surface area (Å²) < 4.78 is 7.71. The highest BCUT2D eigenvalue weighted by Crippen LogP contribution is 2.28. The molecule has 19 heavy (non-hydrogen) atoms. The van der Waals surface area contributed by atoms with E-state index in [0.717, 1.165) is 17.6 Å². The number of aromatic nitrogens is 2. The second-order valence-electron chi connectivity index (χ2n) is 5.30. The first kappa shape index (κ1) is 13.9. The third-order valence-corrected chi connectivity index (χ3v) is 3.47. The number of benzene rings is 1. The van der Waals surface area contributed by atoms with Gasteiger partial charge in [0, 0.05) is 6.61 Å². The van der Waals surface area contributed by atoms with E-state index >= 15 is 0 Å². The third kappa shape index (κ3) is 2.73. The first-order valence-electron chi connectivity index (χ1n) is 6.86. The molecule has 0 amide bonds. The molecule has 1 aromatic carbocycles. The maximum atomic E-state index is 6.11. The molecule has 0 aliphatic heterocycles. The molecule has 0 spiro atoms. The first-order chi connectivity index (χ1) is 9.04. The molecule has 104 valence electrons. The van der Waals surface area contributed by atoms with Gasteiger partial charge in [-0.1, -0.05) is 19.9 Å². The molecule has 0 saturated heterocycles.